The Labute approximate surface area is 120 Å². The number of unbranched alkanes of at least 4 members (excludes halogenated alkanes) is 2. The van der Waals surface area contributed by atoms with Crippen molar-refractivity contribution in [3.05, 3.63) is 0 Å². The minimum absolute atomic E-state index is 0.481. The van der Waals surface area contributed by atoms with Gasteiger partial charge in [-0.3, -0.25) is 0 Å². The van der Waals surface area contributed by atoms with Gasteiger partial charge in [0.15, 0.2) is 0 Å². The standard InChI is InChI=1S/C17H34N2/c1-2-3-4-8-15-9-7-12-19(13-15)14-16-10-5-6-11-17(16)18/h15-17H,2-14,18H2,1H3/t15-,16?,17?/m1/s1. The van der Waals surface area contributed by atoms with Crippen molar-refractivity contribution in [2.75, 3.05) is 19.6 Å². The molecular weight excluding hydrogens is 232 g/mol. The van der Waals surface area contributed by atoms with E-state index in [4.69, 9.17) is 5.73 Å². The van der Waals surface area contributed by atoms with Crippen LogP contribution >= 0.6 is 0 Å². The van der Waals surface area contributed by atoms with E-state index in [1.54, 1.807) is 0 Å². The second kappa shape index (κ2) is 8.26. The summed E-state index contributed by atoms with van der Waals surface area (Å²) >= 11 is 0. The van der Waals surface area contributed by atoms with Gasteiger partial charge in [0.1, 0.15) is 0 Å². The van der Waals surface area contributed by atoms with E-state index in [9.17, 15) is 0 Å². The minimum Gasteiger partial charge on any atom is -0.327 e. The van der Waals surface area contributed by atoms with Crippen LogP contribution in [-0.2, 0) is 0 Å². The molecule has 2 aliphatic rings. The first-order chi connectivity index (χ1) is 9.29. The molecule has 2 rings (SSSR count). The van der Waals surface area contributed by atoms with Crippen LogP contribution in [-0.4, -0.2) is 30.6 Å². The molecule has 0 amide bonds. The van der Waals surface area contributed by atoms with Crippen molar-refractivity contribution in [2.45, 2.75) is 77.2 Å². The first-order valence-electron chi connectivity index (χ1n) is 8.77. The lowest BCUT2D eigenvalue weighted by molar-refractivity contribution is 0.124. The highest BCUT2D eigenvalue weighted by molar-refractivity contribution is 4.82. The molecule has 0 aromatic carbocycles. The fourth-order valence-electron chi connectivity index (χ4n) is 4.03. The van der Waals surface area contributed by atoms with Gasteiger partial charge in [0.25, 0.3) is 0 Å². The molecule has 19 heavy (non-hydrogen) atoms. The van der Waals surface area contributed by atoms with E-state index >= 15 is 0 Å². The van der Waals surface area contributed by atoms with E-state index in [0.29, 0.717) is 6.04 Å². The SMILES string of the molecule is CCCCC[C@@H]1CCCN(CC2CCCCC2N)C1. The molecule has 0 spiro atoms. The van der Waals surface area contributed by atoms with Gasteiger partial charge in [0.05, 0.1) is 0 Å². The summed E-state index contributed by atoms with van der Waals surface area (Å²) in [7, 11) is 0. The van der Waals surface area contributed by atoms with Crippen LogP contribution in [0.4, 0.5) is 0 Å². The van der Waals surface area contributed by atoms with E-state index in [2.05, 4.69) is 11.8 Å². The molecule has 1 saturated heterocycles. The molecule has 2 unspecified atom stereocenters. The van der Waals surface area contributed by atoms with E-state index in [1.165, 1.54) is 83.8 Å². The van der Waals surface area contributed by atoms with Gasteiger partial charge in [0.2, 0.25) is 0 Å². The maximum Gasteiger partial charge on any atom is 0.00793 e. The van der Waals surface area contributed by atoms with E-state index < -0.39 is 0 Å². The topological polar surface area (TPSA) is 29.3 Å². The Morgan fingerprint density at radius 2 is 1.89 bits per heavy atom. The minimum atomic E-state index is 0.481. The summed E-state index contributed by atoms with van der Waals surface area (Å²) < 4.78 is 0. The summed E-state index contributed by atoms with van der Waals surface area (Å²) in [5.41, 5.74) is 6.30. The van der Waals surface area contributed by atoms with E-state index in [1.807, 2.05) is 0 Å². The largest absolute Gasteiger partial charge is 0.327 e. The van der Waals surface area contributed by atoms with Gasteiger partial charge in [-0.1, -0.05) is 39.0 Å². The van der Waals surface area contributed by atoms with Crippen molar-refractivity contribution in [3.63, 3.8) is 0 Å². The van der Waals surface area contributed by atoms with Crippen molar-refractivity contribution in [1.29, 1.82) is 0 Å². The van der Waals surface area contributed by atoms with Crippen LogP contribution in [0.1, 0.15) is 71.1 Å². The van der Waals surface area contributed by atoms with Crippen LogP contribution in [0.15, 0.2) is 0 Å². The lowest BCUT2D eigenvalue weighted by atomic mass is 9.84. The number of piperidine rings is 1. The first-order valence-corrected chi connectivity index (χ1v) is 8.77. The third-order valence-electron chi connectivity index (χ3n) is 5.28. The van der Waals surface area contributed by atoms with Crippen LogP contribution in [0.2, 0.25) is 0 Å². The monoisotopic (exact) mass is 266 g/mol. The zero-order valence-corrected chi connectivity index (χ0v) is 12.9. The van der Waals surface area contributed by atoms with E-state index in [0.717, 1.165) is 11.8 Å². The summed E-state index contributed by atoms with van der Waals surface area (Å²) in [6, 6.07) is 0.481. The normalized spacial score (nSPS) is 33.5. The summed E-state index contributed by atoms with van der Waals surface area (Å²) in [5, 5.41) is 0. The lowest BCUT2D eigenvalue weighted by Gasteiger charge is -2.38. The number of likely N-dealkylation sites (tertiary alicyclic amines) is 1. The van der Waals surface area contributed by atoms with Crippen molar-refractivity contribution in [1.82, 2.24) is 4.90 Å². The molecule has 3 atom stereocenters. The van der Waals surface area contributed by atoms with Crippen LogP contribution in [0, 0.1) is 11.8 Å². The highest BCUT2D eigenvalue weighted by Crippen LogP contribution is 2.27. The summed E-state index contributed by atoms with van der Waals surface area (Å²) in [4.78, 5) is 2.73. The van der Waals surface area contributed by atoms with Gasteiger partial charge in [0, 0.05) is 19.1 Å². The van der Waals surface area contributed by atoms with Crippen LogP contribution in [0.5, 0.6) is 0 Å². The molecule has 1 saturated carbocycles. The molecule has 2 fully saturated rings. The van der Waals surface area contributed by atoms with Crippen LogP contribution in [0.25, 0.3) is 0 Å². The van der Waals surface area contributed by atoms with Gasteiger partial charge < -0.3 is 10.6 Å². The fourth-order valence-corrected chi connectivity index (χ4v) is 4.03. The first kappa shape index (κ1) is 15.3. The number of hydrogen-bond donors (Lipinski definition) is 1. The summed E-state index contributed by atoms with van der Waals surface area (Å²) in [6.07, 6.45) is 14.0. The molecular formula is C17H34N2. The lowest BCUT2D eigenvalue weighted by Crippen LogP contribution is -2.44. The highest BCUT2D eigenvalue weighted by atomic mass is 15.1. The Balaban J connectivity index is 1.70. The maximum absolute atomic E-state index is 6.30. The molecule has 0 aromatic heterocycles. The van der Waals surface area contributed by atoms with Crippen molar-refractivity contribution < 1.29 is 0 Å². The fraction of sp³-hybridized carbons (Fsp3) is 1.00. The number of nitrogens with zero attached hydrogens (tertiary/aromatic N) is 1. The Bertz CT molecular complexity index is 241. The van der Waals surface area contributed by atoms with Gasteiger partial charge in [-0.2, -0.15) is 0 Å². The van der Waals surface area contributed by atoms with Crippen LogP contribution in [0.3, 0.4) is 0 Å². The van der Waals surface area contributed by atoms with Crippen molar-refractivity contribution in [2.24, 2.45) is 17.6 Å². The second-order valence-corrected chi connectivity index (χ2v) is 6.97. The van der Waals surface area contributed by atoms with Crippen LogP contribution < -0.4 is 5.73 Å². The zero-order valence-electron chi connectivity index (χ0n) is 12.9. The Morgan fingerprint density at radius 3 is 2.68 bits per heavy atom. The summed E-state index contributed by atoms with van der Waals surface area (Å²) in [5.74, 6) is 1.75. The average Bonchev–Trinajstić information content (AvgIpc) is 2.42. The quantitative estimate of drug-likeness (QED) is 0.741. The van der Waals surface area contributed by atoms with Gasteiger partial charge in [-0.05, 0) is 50.5 Å². The van der Waals surface area contributed by atoms with Crippen molar-refractivity contribution in [3.8, 4) is 0 Å². The predicted octanol–water partition coefficient (Wildman–Crippen LogP) is 3.80. The number of nitrogens with two attached hydrogens (primary N) is 1. The Hall–Kier alpha value is -0.0800. The van der Waals surface area contributed by atoms with Gasteiger partial charge in [-0.15, -0.1) is 0 Å². The molecule has 0 aromatic rings. The predicted molar refractivity (Wildman–Crippen MR) is 83.2 cm³/mol. The summed E-state index contributed by atoms with van der Waals surface area (Å²) in [6.45, 7) is 6.27. The molecule has 0 radical (unpaired) electrons. The molecule has 0 bridgehead atoms. The maximum atomic E-state index is 6.30. The Morgan fingerprint density at radius 1 is 1.05 bits per heavy atom. The molecule has 1 heterocycles. The van der Waals surface area contributed by atoms with Gasteiger partial charge >= 0.3 is 0 Å². The van der Waals surface area contributed by atoms with E-state index in [-0.39, 0.29) is 0 Å². The zero-order chi connectivity index (χ0) is 13.5. The highest BCUT2D eigenvalue weighted by Gasteiger charge is 2.26. The second-order valence-electron chi connectivity index (χ2n) is 6.97. The third-order valence-corrected chi connectivity index (χ3v) is 5.28. The Kier molecular flexibility index (Phi) is 6.66. The molecule has 112 valence electrons. The molecule has 2 N–H and O–H groups in total. The molecule has 1 aliphatic heterocycles. The average molecular weight is 266 g/mol. The molecule has 2 heteroatoms. The van der Waals surface area contributed by atoms with Gasteiger partial charge in [-0.25, -0.2) is 0 Å². The van der Waals surface area contributed by atoms with Crippen molar-refractivity contribution >= 4 is 0 Å². The number of rotatable bonds is 6. The number of hydrogen-bond acceptors (Lipinski definition) is 2. The smallest absolute Gasteiger partial charge is 0.00793 e. The third kappa shape index (κ3) is 5.07. The molecule has 1 aliphatic carbocycles. The molecule has 2 nitrogen and oxygen atoms in total.